The molecule has 2 unspecified atom stereocenters. The second kappa shape index (κ2) is 7.64. The van der Waals surface area contributed by atoms with E-state index in [1.165, 1.54) is 0 Å². The number of carbonyl (C=O) groups excluding carboxylic acids is 1. The fraction of sp³-hybridized carbons (Fsp3) is 0.625. The predicted molar refractivity (Wildman–Crippen MR) is 86.7 cm³/mol. The summed E-state index contributed by atoms with van der Waals surface area (Å²) in [6.45, 7) is 5.81. The maximum absolute atomic E-state index is 12.3. The van der Waals surface area contributed by atoms with Crippen molar-refractivity contribution in [3.05, 3.63) is 23.5 Å². The van der Waals surface area contributed by atoms with E-state index >= 15 is 0 Å². The summed E-state index contributed by atoms with van der Waals surface area (Å²) in [5.74, 6) is 0.216. The number of hydrogen-bond donors (Lipinski definition) is 1. The number of rotatable bonds is 5. The number of piperidine rings is 1. The molecule has 0 aromatic carbocycles. The van der Waals surface area contributed by atoms with E-state index in [2.05, 4.69) is 29.0 Å². The number of nitrogens with one attached hydrogen (secondary N) is 1. The average molecular weight is 310 g/mol. The van der Waals surface area contributed by atoms with Gasteiger partial charge in [-0.25, -0.2) is 0 Å². The molecular formula is C16H24ClN3O. The Bertz CT molecular complexity index is 480. The number of aromatic nitrogens is 1. The van der Waals surface area contributed by atoms with Crippen LogP contribution in [0.25, 0.3) is 0 Å². The summed E-state index contributed by atoms with van der Waals surface area (Å²) in [4.78, 5) is 18.5. The first-order valence-electron chi connectivity index (χ1n) is 7.77. The van der Waals surface area contributed by atoms with Gasteiger partial charge in [0.15, 0.2) is 0 Å². The largest absolute Gasteiger partial charge is 0.367 e. The molecule has 2 rings (SSSR count). The van der Waals surface area contributed by atoms with Gasteiger partial charge in [-0.3, -0.25) is 9.78 Å². The third-order valence-corrected chi connectivity index (χ3v) is 4.43. The van der Waals surface area contributed by atoms with Crippen molar-refractivity contribution < 1.29 is 4.79 Å². The van der Waals surface area contributed by atoms with Gasteiger partial charge in [0.2, 0.25) is 5.91 Å². The Morgan fingerprint density at radius 1 is 1.52 bits per heavy atom. The Labute approximate surface area is 131 Å². The number of nitrogens with zero attached hydrogens (tertiary/aromatic N) is 2. The van der Waals surface area contributed by atoms with Gasteiger partial charge in [0, 0.05) is 31.5 Å². The zero-order valence-corrected chi connectivity index (χ0v) is 13.6. The van der Waals surface area contributed by atoms with Crippen LogP contribution in [0, 0.1) is 5.92 Å². The zero-order valence-electron chi connectivity index (χ0n) is 12.8. The first-order chi connectivity index (χ1) is 10.1. The van der Waals surface area contributed by atoms with Crippen molar-refractivity contribution in [3.8, 4) is 0 Å². The summed E-state index contributed by atoms with van der Waals surface area (Å²) in [5.41, 5.74) is 0.977. The number of pyridine rings is 1. The molecule has 21 heavy (non-hydrogen) atoms. The van der Waals surface area contributed by atoms with Crippen LogP contribution in [-0.4, -0.2) is 30.0 Å². The Hall–Kier alpha value is -1.29. The molecular weight excluding hydrogens is 286 g/mol. The number of amides is 1. The summed E-state index contributed by atoms with van der Waals surface area (Å²) >= 11 is 6.25. The highest BCUT2D eigenvalue weighted by Crippen LogP contribution is 2.32. The van der Waals surface area contributed by atoms with Gasteiger partial charge in [-0.05, 0) is 32.3 Å². The fourth-order valence-corrected chi connectivity index (χ4v) is 3.02. The number of carbonyl (C=O) groups is 1. The lowest BCUT2D eigenvalue weighted by molar-refractivity contribution is -0.125. The van der Waals surface area contributed by atoms with Crippen LogP contribution in [0.1, 0.15) is 39.5 Å². The van der Waals surface area contributed by atoms with Crippen LogP contribution in [0.3, 0.4) is 0 Å². The van der Waals surface area contributed by atoms with Gasteiger partial charge in [-0.1, -0.05) is 24.9 Å². The van der Waals surface area contributed by atoms with E-state index in [4.69, 9.17) is 11.6 Å². The zero-order chi connectivity index (χ0) is 15.2. The van der Waals surface area contributed by atoms with Gasteiger partial charge < -0.3 is 10.2 Å². The molecule has 0 spiro atoms. The van der Waals surface area contributed by atoms with Gasteiger partial charge in [0.25, 0.3) is 0 Å². The fourth-order valence-electron chi connectivity index (χ4n) is 2.79. The van der Waals surface area contributed by atoms with Gasteiger partial charge >= 0.3 is 0 Å². The second-order valence-electron chi connectivity index (χ2n) is 5.75. The highest BCUT2D eigenvalue weighted by Gasteiger charge is 2.30. The Kier molecular flexibility index (Phi) is 5.85. The Morgan fingerprint density at radius 3 is 3.05 bits per heavy atom. The second-order valence-corrected chi connectivity index (χ2v) is 6.15. The van der Waals surface area contributed by atoms with E-state index < -0.39 is 0 Å². The molecule has 1 fully saturated rings. The quantitative estimate of drug-likeness (QED) is 0.849. The van der Waals surface area contributed by atoms with Crippen LogP contribution < -0.4 is 10.2 Å². The molecule has 0 radical (unpaired) electrons. The molecule has 5 heteroatoms. The lowest BCUT2D eigenvalue weighted by Crippen LogP contribution is -2.47. The van der Waals surface area contributed by atoms with E-state index in [0.717, 1.165) is 44.5 Å². The molecule has 0 aliphatic carbocycles. The molecule has 2 atom stereocenters. The molecule has 0 bridgehead atoms. The summed E-state index contributed by atoms with van der Waals surface area (Å²) in [7, 11) is 0. The molecule has 0 saturated carbocycles. The lowest BCUT2D eigenvalue weighted by Gasteiger charge is -2.39. The van der Waals surface area contributed by atoms with E-state index in [1.54, 1.807) is 12.4 Å². The molecule has 1 aliphatic rings. The minimum Gasteiger partial charge on any atom is -0.367 e. The highest BCUT2D eigenvalue weighted by molar-refractivity contribution is 6.33. The van der Waals surface area contributed by atoms with E-state index in [-0.39, 0.29) is 11.8 Å². The van der Waals surface area contributed by atoms with Gasteiger partial charge in [0.1, 0.15) is 0 Å². The highest BCUT2D eigenvalue weighted by atomic mass is 35.5. The molecule has 1 aromatic heterocycles. The van der Waals surface area contributed by atoms with Crippen molar-refractivity contribution in [2.24, 2.45) is 5.92 Å². The minimum atomic E-state index is 0.0438. The molecule has 1 saturated heterocycles. The Morgan fingerprint density at radius 2 is 2.33 bits per heavy atom. The first-order valence-corrected chi connectivity index (χ1v) is 8.15. The van der Waals surface area contributed by atoms with E-state index in [9.17, 15) is 4.79 Å². The number of unbranched alkanes of at least 4 members (excludes halogenated alkanes) is 1. The summed E-state index contributed by atoms with van der Waals surface area (Å²) in [5, 5.41) is 3.69. The predicted octanol–water partition coefficient (Wildman–Crippen LogP) is 3.26. The Balaban J connectivity index is 2.02. The maximum Gasteiger partial charge on any atom is 0.224 e. The first kappa shape index (κ1) is 16.1. The SMILES string of the molecule is CCCCNC(=O)C1CCC(C)N(c2ccncc2Cl)C1. The summed E-state index contributed by atoms with van der Waals surface area (Å²) in [6.07, 6.45) is 7.49. The lowest BCUT2D eigenvalue weighted by atomic mass is 9.92. The topological polar surface area (TPSA) is 45.2 Å². The molecule has 1 aromatic rings. The monoisotopic (exact) mass is 309 g/mol. The van der Waals surface area contributed by atoms with Crippen molar-refractivity contribution in [1.82, 2.24) is 10.3 Å². The van der Waals surface area contributed by atoms with Crippen LogP contribution in [0.2, 0.25) is 5.02 Å². The standard InChI is InChI=1S/C16H24ClN3O/c1-3-4-8-19-16(21)13-6-5-12(2)20(11-13)15-7-9-18-10-14(15)17/h7,9-10,12-13H,3-6,8,11H2,1-2H3,(H,19,21). The van der Waals surface area contributed by atoms with E-state index in [1.807, 2.05) is 6.07 Å². The van der Waals surface area contributed by atoms with Crippen LogP contribution in [0.15, 0.2) is 18.5 Å². The third-order valence-electron chi connectivity index (χ3n) is 4.14. The molecule has 1 amide bonds. The third kappa shape index (κ3) is 4.10. The van der Waals surface area contributed by atoms with Crippen LogP contribution >= 0.6 is 11.6 Å². The maximum atomic E-state index is 12.3. The van der Waals surface area contributed by atoms with Crippen molar-refractivity contribution in [3.63, 3.8) is 0 Å². The number of halogens is 1. The van der Waals surface area contributed by atoms with Crippen molar-refractivity contribution >= 4 is 23.2 Å². The minimum absolute atomic E-state index is 0.0438. The van der Waals surface area contributed by atoms with Gasteiger partial charge in [-0.15, -0.1) is 0 Å². The molecule has 2 heterocycles. The van der Waals surface area contributed by atoms with E-state index in [0.29, 0.717) is 11.1 Å². The summed E-state index contributed by atoms with van der Waals surface area (Å²) in [6, 6.07) is 2.32. The molecule has 4 nitrogen and oxygen atoms in total. The van der Waals surface area contributed by atoms with Gasteiger partial charge in [0.05, 0.1) is 16.6 Å². The number of hydrogen-bond acceptors (Lipinski definition) is 3. The normalized spacial score (nSPS) is 22.1. The van der Waals surface area contributed by atoms with Crippen LogP contribution in [0.4, 0.5) is 5.69 Å². The van der Waals surface area contributed by atoms with Crippen LogP contribution in [-0.2, 0) is 4.79 Å². The van der Waals surface area contributed by atoms with Gasteiger partial charge in [-0.2, -0.15) is 0 Å². The smallest absolute Gasteiger partial charge is 0.224 e. The number of anilines is 1. The van der Waals surface area contributed by atoms with Crippen molar-refractivity contribution in [2.75, 3.05) is 18.0 Å². The average Bonchev–Trinajstić information content (AvgIpc) is 2.49. The summed E-state index contributed by atoms with van der Waals surface area (Å²) < 4.78 is 0. The van der Waals surface area contributed by atoms with Crippen molar-refractivity contribution in [2.45, 2.75) is 45.6 Å². The van der Waals surface area contributed by atoms with Crippen molar-refractivity contribution in [1.29, 1.82) is 0 Å². The molecule has 1 aliphatic heterocycles. The molecule has 116 valence electrons. The molecule has 1 N–H and O–H groups in total. The van der Waals surface area contributed by atoms with Crippen LogP contribution in [0.5, 0.6) is 0 Å².